The predicted molar refractivity (Wildman–Crippen MR) is 106 cm³/mol. The SMILES string of the molecule is O=C(NNC(=S)NC[C@@H]1CCCO1)C1c2ccccc2Oc2ccccc21. The maximum atomic E-state index is 12.9. The number of rotatable bonds is 3. The zero-order chi connectivity index (χ0) is 18.6. The van der Waals surface area contributed by atoms with E-state index in [0.29, 0.717) is 23.2 Å². The second-order valence-electron chi connectivity index (χ2n) is 6.57. The van der Waals surface area contributed by atoms with Gasteiger partial charge in [-0.1, -0.05) is 36.4 Å². The van der Waals surface area contributed by atoms with E-state index < -0.39 is 5.92 Å². The molecule has 2 aromatic rings. The van der Waals surface area contributed by atoms with Gasteiger partial charge in [0.1, 0.15) is 11.5 Å². The summed E-state index contributed by atoms with van der Waals surface area (Å²) in [6, 6.07) is 15.1. The lowest BCUT2D eigenvalue weighted by Gasteiger charge is -2.27. The van der Waals surface area contributed by atoms with Crippen LogP contribution in [0.2, 0.25) is 0 Å². The van der Waals surface area contributed by atoms with Crippen LogP contribution < -0.4 is 20.9 Å². The van der Waals surface area contributed by atoms with E-state index in [2.05, 4.69) is 16.2 Å². The second-order valence-corrected chi connectivity index (χ2v) is 6.98. The Bertz CT molecular complexity index is 806. The average molecular weight is 383 g/mol. The Labute approximate surface area is 163 Å². The molecule has 6 nitrogen and oxygen atoms in total. The van der Waals surface area contributed by atoms with Gasteiger partial charge in [0.25, 0.3) is 5.91 Å². The highest BCUT2D eigenvalue weighted by atomic mass is 32.1. The van der Waals surface area contributed by atoms with E-state index in [1.54, 1.807) is 0 Å². The number of benzene rings is 2. The minimum absolute atomic E-state index is 0.176. The summed E-state index contributed by atoms with van der Waals surface area (Å²) in [5, 5.41) is 3.45. The van der Waals surface area contributed by atoms with Gasteiger partial charge in [0.05, 0.1) is 12.0 Å². The van der Waals surface area contributed by atoms with Gasteiger partial charge in [0, 0.05) is 24.3 Å². The molecule has 0 radical (unpaired) electrons. The van der Waals surface area contributed by atoms with Crippen LogP contribution in [0.15, 0.2) is 48.5 Å². The van der Waals surface area contributed by atoms with E-state index in [1.165, 1.54) is 0 Å². The fraction of sp³-hybridized carbons (Fsp3) is 0.300. The summed E-state index contributed by atoms with van der Waals surface area (Å²) < 4.78 is 11.5. The fourth-order valence-electron chi connectivity index (χ4n) is 3.44. The topological polar surface area (TPSA) is 71.6 Å². The van der Waals surface area contributed by atoms with E-state index in [4.69, 9.17) is 21.7 Å². The number of nitrogens with one attached hydrogen (secondary N) is 3. The number of amides is 1. The minimum Gasteiger partial charge on any atom is -0.457 e. The fourth-order valence-corrected chi connectivity index (χ4v) is 3.57. The monoisotopic (exact) mass is 383 g/mol. The Morgan fingerprint density at radius 1 is 1.04 bits per heavy atom. The van der Waals surface area contributed by atoms with Crippen molar-refractivity contribution in [3.63, 3.8) is 0 Å². The van der Waals surface area contributed by atoms with Gasteiger partial charge in [-0.2, -0.15) is 0 Å². The quantitative estimate of drug-likeness (QED) is 0.559. The van der Waals surface area contributed by atoms with Crippen LogP contribution in [-0.4, -0.2) is 30.3 Å². The molecule has 2 heterocycles. The smallest absolute Gasteiger partial charge is 0.250 e. The van der Waals surface area contributed by atoms with Crippen LogP contribution in [0.3, 0.4) is 0 Å². The largest absolute Gasteiger partial charge is 0.457 e. The first-order valence-corrected chi connectivity index (χ1v) is 9.44. The molecule has 1 amide bonds. The highest BCUT2D eigenvalue weighted by molar-refractivity contribution is 7.80. The molecule has 140 valence electrons. The van der Waals surface area contributed by atoms with E-state index in [1.807, 2.05) is 48.5 Å². The maximum absolute atomic E-state index is 12.9. The van der Waals surface area contributed by atoms with Gasteiger partial charge < -0.3 is 14.8 Å². The van der Waals surface area contributed by atoms with Gasteiger partial charge in [-0.25, -0.2) is 0 Å². The number of carbonyl (C=O) groups excluding carboxylic acids is 1. The van der Waals surface area contributed by atoms with Gasteiger partial charge in [0.15, 0.2) is 5.11 Å². The molecule has 1 fully saturated rings. The Morgan fingerprint density at radius 3 is 2.33 bits per heavy atom. The van der Waals surface area contributed by atoms with Crippen molar-refractivity contribution in [2.45, 2.75) is 24.9 Å². The number of hydrazine groups is 1. The first-order valence-electron chi connectivity index (χ1n) is 9.03. The molecular weight excluding hydrogens is 362 g/mol. The van der Waals surface area contributed by atoms with Gasteiger partial charge in [-0.15, -0.1) is 0 Å². The maximum Gasteiger partial charge on any atom is 0.250 e. The van der Waals surface area contributed by atoms with Crippen molar-refractivity contribution in [3.05, 3.63) is 59.7 Å². The Morgan fingerprint density at radius 2 is 1.70 bits per heavy atom. The summed E-state index contributed by atoms with van der Waals surface area (Å²) in [5.74, 6) is 0.713. The van der Waals surface area contributed by atoms with Crippen LogP contribution in [0.4, 0.5) is 0 Å². The summed E-state index contributed by atoms with van der Waals surface area (Å²) in [6.45, 7) is 1.43. The molecule has 3 N–H and O–H groups in total. The highest BCUT2D eigenvalue weighted by Gasteiger charge is 2.32. The number of thiocarbonyl (C=S) groups is 1. The number of para-hydroxylation sites is 2. The summed E-state index contributed by atoms with van der Waals surface area (Å²) in [7, 11) is 0. The molecule has 0 aliphatic carbocycles. The molecule has 0 spiro atoms. The van der Waals surface area contributed by atoms with Crippen molar-refractivity contribution < 1.29 is 14.3 Å². The van der Waals surface area contributed by atoms with Crippen molar-refractivity contribution in [3.8, 4) is 11.5 Å². The van der Waals surface area contributed by atoms with Gasteiger partial charge in [-0.05, 0) is 37.2 Å². The van der Waals surface area contributed by atoms with E-state index >= 15 is 0 Å². The first-order chi connectivity index (χ1) is 13.2. The Hall–Kier alpha value is -2.64. The molecule has 0 bridgehead atoms. The van der Waals surface area contributed by atoms with E-state index in [9.17, 15) is 4.79 Å². The average Bonchev–Trinajstić information content (AvgIpc) is 3.22. The molecule has 1 saturated heterocycles. The zero-order valence-electron chi connectivity index (χ0n) is 14.7. The molecule has 7 heteroatoms. The molecular formula is C20H21N3O3S. The normalized spacial score (nSPS) is 18.0. The van der Waals surface area contributed by atoms with Gasteiger partial charge in [0.2, 0.25) is 0 Å². The van der Waals surface area contributed by atoms with E-state index in [0.717, 1.165) is 30.6 Å². The summed E-state index contributed by atoms with van der Waals surface area (Å²) in [5.41, 5.74) is 7.17. The molecule has 2 aromatic carbocycles. The molecule has 0 aromatic heterocycles. The number of hydrogen-bond acceptors (Lipinski definition) is 4. The summed E-state index contributed by atoms with van der Waals surface area (Å²) >= 11 is 5.25. The lowest BCUT2D eigenvalue weighted by Crippen LogP contribution is -2.49. The van der Waals surface area contributed by atoms with Crippen molar-refractivity contribution in [2.75, 3.05) is 13.2 Å². The van der Waals surface area contributed by atoms with Crippen molar-refractivity contribution >= 4 is 23.2 Å². The summed E-state index contributed by atoms with van der Waals surface area (Å²) in [6.07, 6.45) is 2.28. The first kappa shape index (κ1) is 17.8. The lowest BCUT2D eigenvalue weighted by atomic mass is 9.87. The molecule has 1 atom stereocenters. The molecule has 2 aliphatic rings. The Balaban J connectivity index is 1.43. The van der Waals surface area contributed by atoms with Gasteiger partial charge >= 0.3 is 0 Å². The van der Waals surface area contributed by atoms with Gasteiger partial charge in [-0.3, -0.25) is 15.6 Å². The number of hydrogen-bond donors (Lipinski definition) is 3. The molecule has 0 unspecified atom stereocenters. The minimum atomic E-state index is -0.473. The van der Waals surface area contributed by atoms with Crippen LogP contribution in [0, 0.1) is 0 Å². The summed E-state index contributed by atoms with van der Waals surface area (Å²) in [4.78, 5) is 12.9. The molecule has 27 heavy (non-hydrogen) atoms. The van der Waals surface area contributed by atoms with Crippen LogP contribution >= 0.6 is 12.2 Å². The number of fused-ring (bicyclic) bond motifs is 2. The van der Waals surface area contributed by atoms with E-state index in [-0.39, 0.29) is 12.0 Å². The predicted octanol–water partition coefficient (Wildman–Crippen LogP) is 2.60. The number of ether oxygens (including phenoxy) is 2. The van der Waals surface area contributed by atoms with Crippen LogP contribution in [0.5, 0.6) is 11.5 Å². The van der Waals surface area contributed by atoms with Crippen LogP contribution in [0.25, 0.3) is 0 Å². The van der Waals surface area contributed by atoms with Crippen LogP contribution in [0.1, 0.15) is 29.9 Å². The standard InChI is InChI=1S/C20H21N3O3S/c24-19(22-23-20(27)21-12-13-6-5-11-25-13)18-14-7-1-3-9-16(14)26-17-10-4-2-8-15(17)18/h1-4,7-10,13,18H,5-6,11-12H2,(H,22,24)(H2,21,23,27)/t13-/m0/s1. The third kappa shape index (κ3) is 3.89. The third-order valence-electron chi connectivity index (χ3n) is 4.76. The Kier molecular flexibility index (Phi) is 5.22. The lowest BCUT2D eigenvalue weighted by molar-refractivity contribution is -0.122. The molecule has 4 rings (SSSR count). The molecule has 0 saturated carbocycles. The third-order valence-corrected chi connectivity index (χ3v) is 5.00. The number of carbonyl (C=O) groups is 1. The van der Waals surface area contributed by atoms with Crippen molar-refractivity contribution in [1.29, 1.82) is 0 Å². The second kappa shape index (κ2) is 7.94. The van der Waals surface area contributed by atoms with Crippen molar-refractivity contribution in [1.82, 2.24) is 16.2 Å². The highest BCUT2D eigenvalue weighted by Crippen LogP contribution is 2.43. The van der Waals surface area contributed by atoms with Crippen molar-refractivity contribution in [2.24, 2.45) is 0 Å². The molecule has 2 aliphatic heterocycles. The van der Waals surface area contributed by atoms with Crippen LogP contribution in [-0.2, 0) is 9.53 Å². The zero-order valence-corrected chi connectivity index (χ0v) is 15.6.